The van der Waals surface area contributed by atoms with E-state index in [1.807, 2.05) is 0 Å². The summed E-state index contributed by atoms with van der Waals surface area (Å²) in [5.41, 5.74) is 0.285. The molecule has 0 aromatic carbocycles. The molecule has 0 radical (unpaired) electrons. The largest absolute Gasteiger partial charge is 0.396 e. The van der Waals surface area contributed by atoms with Crippen LogP contribution in [0, 0.1) is 5.82 Å². The van der Waals surface area contributed by atoms with Gasteiger partial charge in [-0.1, -0.05) is 0 Å². The number of carbonyl (C=O) groups is 1. The molecule has 4 nitrogen and oxygen atoms in total. The van der Waals surface area contributed by atoms with E-state index in [1.54, 1.807) is 4.90 Å². The normalized spacial score (nSPS) is 19.2. The van der Waals surface area contributed by atoms with Gasteiger partial charge in [0.2, 0.25) is 0 Å². The lowest BCUT2D eigenvalue weighted by Gasteiger charge is -2.24. The first-order valence-corrected chi connectivity index (χ1v) is 6.26. The van der Waals surface area contributed by atoms with Crippen LogP contribution in [0.5, 0.6) is 0 Å². The minimum Gasteiger partial charge on any atom is -0.396 e. The number of aliphatic hydroxyl groups excluding tert-OH is 1. The number of halogens is 1. The van der Waals surface area contributed by atoms with Crippen LogP contribution < -0.4 is 0 Å². The van der Waals surface area contributed by atoms with Crippen LogP contribution in [0.4, 0.5) is 4.39 Å². The van der Waals surface area contributed by atoms with Crippen LogP contribution in [0.25, 0.3) is 0 Å². The van der Waals surface area contributed by atoms with E-state index in [1.165, 1.54) is 12.1 Å². The molecule has 1 amide bonds. The highest BCUT2D eigenvalue weighted by molar-refractivity contribution is 5.92. The summed E-state index contributed by atoms with van der Waals surface area (Å²) in [4.78, 5) is 17.8. The molecule has 1 unspecified atom stereocenters. The van der Waals surface area contributed by atoms with Crippen LogP contribution in [0.2, 0.25) is 0 Å². The van der Waals surface area contributed by atoms with Crippen molar-refractivity contribution in [3.63, 3.8) is 0 Å². The number of hydrogen-bond donors (Lipinski definition) is 1. The molecule has 98 valence electrons. The number of rotatable bonds is 4. The van der Waals surface area contributed by atoms with Crippen molar-refractivity contribution in [1.82, 2.24) is 9.88 Å². The summed E-state index contributed by atoms with van der Waals surface area (Å²) in [6, 6.07) is 2.84. The van der Waals surface area contributed by atoms with Crippen molar-refractivity contribution >= 4 is 5.91 Å². The van der Waals surface area contributed by atoms with Crippen LogP contribution in [0.3, 0.4) is 0 Å². The number of hydrogen-bond acceptors (Lipinski definition) is 3. The summed E-state index contributed by atoms with van der Waals surface area (Å²) in [6.07, 6.45) is 4.51. The Morgan fingerprint density at radius 1 is 1.56 bits per heavy atom. The summed E-state index contributed by atoms with van der Waals surface area (Å²) in [7, 11) is 0. The lowest BCUT2D eigenvalue weighted by Crippen LogP contribution is -2.36. The monoisotopic (exact) mass is 252 g/mol. The lowest BCUT2D eigenvalue weighted by atomic mass is 10.1. The van der Waals surface area contributed by atoms with Crippen LogP contribution >= 0.6 is 0 Å². The van der Waals surface area contributed by atoms with E-state index in [-0.39, 0.29) is 24.2 Å². The number of likely N-dealkylation sites (tertiary alicyclic amines) is 1. The standard InChI is InChI=1S/C13H17FN2O2/c14-10-5-6-12(15-9-10)13(18)16-7-1-3-11(16)4-2-8-17/h5-6,9,11,17H,1-4,7-8H2. The van der Waals surface area contributed by atoms with Gasteiger partial charge >= 0.3 is 0 Å². The third kappa shape index (κ3) is 2.85. The maximum absolute atomic E-state index is 12.8. The number of nitrogens with zero attached hydrogens (tertiary/aromatic N) is 2. The zero-order valence-corrected chi connectivity index (χ0v) is 10.2. The van der Waals surface area contributed by atoms with E-state index in [4.69, 9.17) is 5.11 Å². The Kier molecular flexibility index (Phi) is 4.25. The second kappa shape index (κ2) is 5.91. The minimum absolute atomic E-state index is 0.143. The predicted octanol–water partition coefficient (Wildman–Crippen LogP) is 1.60. The van der Waals surface area contributed by atoms with E-state index in [2.05, 4.69) is 4.98 Å². The minimum atomic E-state index is -0.440. The van der Waals surface area contributed by atoms with Gasteiger partial charge in [-0.15, -0.1) is 0 Å². The maximum atomic E-state index is 12.8. The van der Waals surface area contributed by atoms with Gasteiger partial charge in [-0.2, -0.15) is 0 Å². The first-order chi connectivity index (χ1) is 8.72. The molecular formula is C13H17FN2O2. The smallest absolute Gasteiger partial charge is 0.272 e. The number of amides is 1. The zero-order chi connectivity index (χ0) is 13.0. The average molecular weight is 252 g/mol. The second-order valence-electron chi connectivity index (χ2n) is 4.52. The van der Waals surface area contributed by atoms with Crippen LogP contribution in [-0.2, 0) is 0 Å². The molecule has 18 heavy (non-hydrogen) atoms. The molecule has 0 aliphatic carbocycles. The Hall–Kier alpha value is -1.49. The third-order valence-electron chi connectivity index (χ3n) is 3.28. The van der Waals surface area contributed by atoms with Crippen molar-refractivity contribution in [1.29, 1.82) is 0 Å². The molecular weight excluding hydrogens is 235 g/mol. The quantitative estimate of drug-likeness (QED) is 0.885. The summed E-state index contributed by atoms with van der Waals surface area (Å²) in [5, 5.41) is 8.84. The Morgan fingerprint density at radius 2 is 2.39 bits per heavy atom. The van der Waals surface area contributed by atoms with Crippen LogP contribution in [0.1, 0.15) is 36.2 Å². The first-order valence-electron chi connectivity index (χ1n) is 6.26. The Bertz CT molecular complexity index is 408. The molecule has 2 rings (SSSR count). The first kappa shape index (κ1) is 13.0. The SMILES string of the molecule is O=C(c1ccc(F)cn1)N1CCCC1CCCO. The van der Waals surface area contributed by atoms with Gasteiger partial charge in [-0.3, -0.25) is 4.79 Å². The fraction of sp³-hybridized carbons (Fsp3) is 0.538. The van der Waals surface area contributed by atoms with Gasteiger partial charge in [0, 0.05) is 19.2 Å². The maximum Gasteiger partial charge on any atom is 0.272 e. The van der Waals surface area contributed by atoms with Gasteiger partial charge in [0.1, 0.15) is 11.5 Å². The van der Waals surface area contributed by atoms with Gasteiger partial charge in [-0.05, 0) is 37.8 Å². The molecule has 1 N–H and O–H groups in total. The molecule has 1 fully saturated rings. The van der Waals surface area contributed by atoms with Gasteiger partial charge in [0.15, 0.2) is 0 Å². The van der Waals surface area contributed by atoms with Crippen molar-refractivity contribution < 1.29 is 14.3 Å². The molecule has 1 aliphatic heterocycles. The van der Waals surface area contributed by atoms with Crippen molar-refractivity contribution in [2.45, 2.75) is 31.7 Å². The number of aliphatic hydroxyl groups is 1. The summed E-state index contributed by atoms with van der Waals surface area (Å²) >= 11 is 0. The van der Waals surface area contributed by atoms with Crippen molar-refractivity contribution in [2.24, 2.45) is 0 Å². The third-order valence-corrected chi connectivity index (χ3v) is 3.28. The Morgan fingerprint density at radius 3 is 3.06 bits per heavy atom. The topological polar surface area (TPSA) is 53.4 Å². The highest BCUT2D eigenvalue weighted by Crippen LogP contribution is 2.23. The van der Waals surface area contributed by atoms with E-state index < -0.39 is 5.82 Å². The number of carbonyl (C=O) groups excluding carboxylic acids is 1. The van der Waals surface area contributed by atoms with Crippen molar-refractivity contribution in [3.05, 3.63) is 29.8 Å². The lowest BCUT2D eigenvalue weighted by molar-refractivity contribution is 0.0718. The fourth-order valence-corrected chi connectivity index (χ4v) is 2.38. The molecule has 0 spiro atoms. The van der Waals surface area contributed by atoms with Gasteiger partial charge in [0.25, 0.3) is 5.91 Å². The Balaban J connectivity index is 2.05. The summed E-state index contributed by atoms with van der Waals surface area (Å²) < 4.78 is 12.8. The Labute approximate surface area is 105 Å². The molecule has 1 aromatic heterocycles. The van der Waals surface area contributed by atoms with Crippen LogP contribution in [0.15, 0.2) is 18.3 Å². The number of pyridine rings is 1. The molecule has 2 heterocycles. The van der Waals surface area contributed by atoms with Crippen molar-refractivity contribution in [3.8, 4) is 0 Å². The second-order valence-corrected chi connectivity index (χ2v) is 4.52. The van der Waals surface area contributed by atoms with E-state index in [0.29, 0.717) is 13.0 Å². The fourth-order valence-electron chi connectivity index (χ4n) is 2.38. The number of aromatic nitrogens is 1. The summed E-state index contributed by atoms with van der Waals surface area (Å²) in [5.74, 6) is -0.583. The molecule has 1 aromatic rings. The molecule has 1 atom stereocenters. The summed E-state index contributed by atoms with van der Waals surface area (Å²) in [6.45, 7) is 0.862. The van der Waals surface area contributed by atoms with Gasteiger partial charge in [-0.25, -0.2) is 9.37 Å². The van der Waals surface area contributed by atoms with Crippen LogP contribution in [-0.4, -0.2) is 40.1 Å². The van der Waals surface area contributed by atoms with E-state index >= 15 is 0 Å². The molecule has 1 saturated heterocycles. The van der Waals surface area contributed by atoms with E-state index in [9.17, 15) is 9.18 Å². The zero-order valence-electron chi connectivity index (χ0n) is 10.2. The van der Waals surface area contributed by atoms with Gasteiger partial charge in [0.05, 0.1) is 6.20 Å². The molecule has 0 saturated carbocycles. The predicted molar refractivity (Wildman–Crippen MR) is 64.6 cm³/mol. The van der Waals surface area contributed by atoms with Gasteiger partial charge < -0.3 is 10.0 Å². The molecule has 5 heteroatoms. The highest BCUT2D eigenvalue weighted by atomic mass is 19.1. The average Bonchev–Trinajstić information content (AvgIpc) is 2.84. The molecule has 1 aliphatic rings. The van der Waals surface area contributed by atoms with Crippen molar-refractivity contribution in [2.75, 3.05) is 13.2 Å². The highest BCUT2D eigenvalue weighted by Gasteiger charge is 2.29. The van der Waals surface area contributed by atoms with E-state index in [0.717, 1.165) is 25.5 Å². The molecule has 0 bridgehead atoms.